The van der Waals surface area contributed by atoms with Crippen molar-refractivity contribution in [3.8, 4) is 0 Å². The molecule has 1 aliphatic heterocycles. The minimum atomic E-state index is -4.79. The third-order valence-electron chi connectivity index (χ3n) is 6.06. The van der Waals surface area contributed by atoms with Crippen LogP contribution < -0.4 is 15.8 Å². The lowest BCUT2D eigenvalue weighted by atomic mass is 9.93. The molecule has 2 aromatic rings. The highest BCUT2D eigenvalue weighted by atomic mass is 32.1. The number of fused-ring (bicyclic) bond motifs is 1. The van der Waals surface area contributed by atoms with Gasteiger partial charge in [0.15, 0.2) is 5.13 Å². The zero-order chi connectivity index (χ0) is 22.2. The summed E-state index contributed by atoms with van der Waals surface area (Å²) in [4.78, 5) is 28.9. The lowest BCUT2D eigenvalue weighted by Crippen LogP contribution is -2.47. The summed E-state index contributed by atoms with van der Waals surface area (Å²) in [6, 6.07) is 2.06. The predicted octanol–water partition coefficient (Wildman–Crippen LogP) is 4.47. The molecule has 1 aromatic carbocycles. The van der Waals surface area contributed by atoms with E-state index in [2.05, 4.69) is 10.3 Å². The SMILES string of the molecule is O=c1nc(N2CCC(NC3CCCCC3)CC2)sc2c([N+](=O)[O-])cc(C(F)(F)F)cc12. The molecule has 0 spiro atoms. The molecule has 1 saturated carbocycles. The first-order valence-electron chi connectivity index (χ1n) is 10.4. The largest absolute Gasteiger partial charge is 0.416 e. The number of aromatic nitrogens is 1. The number of halogens is 3. The van der Waals surface area contributed by atoms with Crippen LogP contribution in [0.15, 0.2) is 16.9 Å². The van der Waals surface area contributed by atoms with Crippen molar-refractivity contribution in [2.45, 2.75) is 63.2 Å². The Hall–Kier alpha value is -2.27. The summed E-state index contributed by atoms with van der Waals surface area (Å²) in [5, 5.41) is 15.1. The second-order valence-electron chi connectivity index (χ2n) is 8.19. The number of hydrogen-bond acceptors (Lipinski definition) is 7. The molecular formula is C20H23F3N4O3S. The maximum absolute atomic E-state index is 13.1. The minimum Gasteiger partial charge on any atom is -0.348 e. The van der Waals surface area contributed by atoms with Crippen LogP contribution in [0.3, 0.4) is 0 Å². The Kier molecular flexibility index (Phi) is 6.16. The van der Waals surface area contributed by atoms with E-state index >= 15 is 0 Å². The molecule has 0 atom stereocenters. The molecule has 1 aliphatic carbocycles. The lowest BCUT2D eigenvalue weighted by molar-refractivity contribution is -0.383. The number of alkyl halides is 3. The number of hydrogen-bond donors (Lipinski definition) is 1. The summed E-state index contributed by atoms with van der Waals surface area (Å²) in [7, 11) is 0. The van der Waals surface area contributed by atoms with Gasteiger partial charge in [-0.1, -0.05) is 30.6 Å². The summed E-state index contributed by atoms with van der Waals surface area (Å²) in [6.07, 6.45) is 3.09. The molecule has 31 heavy (non-hydrogen) atoms. The average Bonchev–Trinajstić information content (AvgIpc) is 2.73. The highest BCUT2D eigenvalue weighted by Crippen LogP contribution is 2.38. The van der Waals surface area contributed by atoms with Gasteiger partial charge in [-0.05, 0) is 31.7 Å². The van der Waals surface area contributed by atoms with E-state index < -0.39 is 27.9 Å². The lowest BCUT2D eigenvalue weighted by Gasteiger charge is -2.35. The summed E-state index contributed by atoms with van der Waals surface area (Å²) >= 11 is 0.904. The maximum Gasteiger partial charge on any atom is 0.416 e. The molecule has 2 heterocycles. The quantitative estimate of drug-likeness (QED) is 0.539. The van der Waals surface area contributed by atoms with E-state index in [0.717, 1.165) is 24.2 Å². The van der Waals surface area contributed by atoms with E-state index in [-0.39, 0.29) is 10.1 Å². The van der Waals surface area contributed by atoms with Crippen molar-refractivity contribution >= 4 is 32.2 Å². The Morgan fingerprint density at radius 2 is 1.74 bits per heavy atom. The van der Waals surface area contributed by atoms with Gasteiger partial charge in [0.1, 0.15) is 4.70 Å². The molecule has 2 fully saturated rings. The van der Waals surface area contributed by atoms with E-state index in [4.69, 9.17) is 0 Å². The van der Waals surface area contributed by atoms with Gasteiger partial charge in [0.05, 0.1) is 15.9 Å². The van der Waals surface area contributed by atoms with Gasteiger partial charge in [0.2, 0.25) is 0 Å². The van der Waals surface area contributed by atoms with Gasteiger partial charge in [-0.25, -0.2) is 0 Å². The molecule has 1 N–H and O–H groups in total. The third kappa shape index (κ3) is 4.82. The van der Waals surface area contributed by atoms with Crippen LogP contribution in [-0.2, 0) is 6.18 Å². The molecule has 0 radical (unpaired) electrons. The summed E-state index contributed by atoms with van der Waals surface area (Å²) < 4.78 is 39.3. The van der Waals surface area contributed by atoms with Crippen molar-refractivity contribution in [1.29, 1.82) is 0 Å². The Morgan fingerprint density at radius 3 is 2.35 bits per heavy atom. The van der Waals surface area contributed by atoms with Crippen LogP contribution in [-0.4, -0.2) is 35.1 Å². The first-order chi connectivity index (χ1) is 14.7. The second kappa shape index (κ2) is 8.70. The number of nitrogens with one attached hydrogen (secondary N) is 1. The van der Waals surface area contributed by atoms with Gasteiger partial charge >= 0.3 is 6.18 Å². The van der Waals surface area contributed by atoms with Crippen molar-refractivity contribution in [2.75, 3.05) is 18.0 Å². The average molecular weight is 456 g/mol. The van der Waals surface area contributed by atoms with Gasteiger partial charge in [0.25, 0.3) is 11.2 Å². The number of rotatable bonds is 4. The Balaban J connectivity index is 1.57. The second-order valence-corrected chi connectivity index (χ2v) is 9.17. The number of nitro groups is 1. The number of anilines is 1. The Morgan fingerprint density at radius 1 is 1.10 bits per heavy atom. The van der Waals surface area contributed by atoms with Crippen LogP contribution in [0.1, 0.15) is 50.5 Å². The zero-order valence-electron chi connectivity index (χ0n) is 16.8. The van der Waals surface area contributed by atoms with Gasteiger partial charge in [-0.15, -0.1) is 0 Å². The van der Waals surface area contributed by atoms with Gasteiger partial charge in [-0.3, -0.25) is 14.9 Å². The predicted molar refractivity (Wildman–Crippen MR) is 113 cm³/mol. The van der Waals surface area contributed by atoms with Gasteiger partial charge < -0.3 is 10.2 Å². The summed E-state index contributed by atoms with van der Waals surface area (Å²) in [6.45, 7) is 1.26. The van der Waals surface area contributed by atoms with E-state index in [1.807, 2.05) is 4.90 Å². The number of benzene rings is 1. The molecule has 168 valence electrons. The number of nitrogens with zero attached hydrogens (tertiary/aromatic N) is 3. The van der Waals surface area contributed by atoms with Crippen molar-refractivity contribution in [2.24, 2.45) is 0 Å². The molecule has 0 bridgehead atoms. The van der Waals surface area contributed by atoms with Crippen LogP contribution in [0.4, 0.5) is 24.0 Å². The van der Waals surface area contributed by atoms with Crippen molar-refractivity contribution in [3.05, 3.63) is 38.2 Å². The molecule has 0 amide bonds. The molecule has 4 rings (SSSR count). The number of nitro benzene ring substituents is 1. The molecule has 7 nitrogen and oxygen atoms in total. The van der Waals surface area contributed by atoms with E-state index in [1.54, 1.807) is 0 Å². The Bertz CT molecular complexity index is 1030. The normalized spacial score (nSPS) is 19.1. The third-order valence-corrected chi connectivity index (χ3v) is 7.22. The Labute approximate surface area is 180 Å². The highest BCUT2D eigenvalue weighted by Gasteiger charge is 2.34. The minimum absolute atomic E-state index is 0.0737. The fraction of sp³-hybridized carbons (Fsp3) is 0.600. The van der Waals surface area contributed by atoms with Gasteiger partial charge in [-0.2, -0.15) is 18.2 Å². The molecule has 1 saturated heterocycles. The highest BCUT2D eigenvalue weighted by molar-refractivity contribution is 7.22. The number of non-ortho nitro benzene ring substituents is 1. The van der Waals surface area contributed by atoms with E-state index in [9.17, 15) is 28.1 Å². The summed E-state index contributed by atoms with van der Waals surface area (Å²) in [5.41, 5.74) is -2.81. The first kappa shape index (κ1) is 21.9. The fourth-order valence-electron chi connectivity index (χ4n) is 4.42. The topological polar surface area (TPSA) is 88.4 Å². The number of piperidine rings is 1. The molecule has 11 heteroatoms. The molecule has 2 aliphatic rings. The van der Waals surface area contributed by atoms with Crippen molar-refractivity contribution in [3.63, 3.8) is 0 Å². The smallest absolute Gasteiger partial charge is 0.348 e. The van der Waals surface area contributed by atoms with E-state index in [0.29, 0.717) is 42.4 Å². The maximum atomic E-state index is 13.1. The standard InChI is InChI=1S/C20H23F3N4O3S/c21-20(22,23)12-10-15-17(16(11-12)27(29)30)31-19(25-18(15)28)26-8-6-14(7-9-26)24-13-4-2-1-3-5-13/h10-11,13-14,24H,1-9H2. The van der Waals surface area contributed by atoms with Crippen LogP contribution >= 0.6 is 11.3 Å². The monoisotopic (exact) mass is 456 g/mol. The molecular weight excluding hydrogens is 433 g/mol. The van der Waals surface area contributed by atoms with E-state index in [1.165, 1.54) is 32.1 Å². The van der Waals surface area contributed by atoms with Crippen molar-refractivity contribution in [1.82, 2.24) is 10.3 Å². The fourth-order valence-corrected chi connectivity index (χ4v) is 5.53. The summed E-state index contributed by atoms with van der Waals surface area (Å²) in [5.74, 6) is 0. The zero-order valence-corrected chi connectivity index (χ0v) is 17.6. The first-order valence-corrected chi connectivity index (χ1v) is 11.3. The van der Waals surface area contributed by atoms with Crippen LogP contribution in [0.25, 0.3) is 10.1 Å². The molecule has 1 aromatic heterocycles. The van der Waals surface area contributed by atoms with Crippen LogP contribution in [0.5, 0.6) is 0 Å². The van der Waals surface area contributed by atoms with Crippen LogP contribution in [0, 0.1) is 10.1 Å². The van der Waals surface area contributed by atoms with Gasteiger partial charge in [0, 0.05) is 31.2 Å². The van der Waals surface area contributed by atoms with Crippen molar-refractivity contribution < 1.29 is 18.1 Å². The molecule has 0 unspecified atom stereocenters. The van der Waals surface area contributed by atoms with Crippen LogP contribution in [0.2, 0.25) is 0 Å².